The van der Waals surface area contributed by atoms with E-state index in [-0.39, 0.29) is 28.8 Å². The molecule has 1 aromatic rings. The highest BCUT2D eigenvalue weighted by Crippen LogP contribution is 2.56. The Bertz CT molecular complexity index is 766. The van der Waals surface area contributed by atoms with E-state index in [9.17, 15) is 9.90 Å². The number of nitrogens with zero attached hydrogens (tertiary/aromatic N) is 2. The monoisotopic (exact) mass is 384 g/mol. The van der Waals surface area contributed by atoms with Crippen LogP contribution in [0.1, 0.15) is 65.0 Å². The number of likely N-dealkylation sites (tertiary alicyclic amines) is 2. The predicted octanol–water partition coefficient (Wildman–Crippen LogP) is 4.20. The lowest BCUT2D eigenvalue weighted by atomic mass is 9.51. The summed E-state index contributed by atoms with van der Waals surface area (Å²) in [4.78, 5) is 17.8. The van der Waals surface area contributed by atoms with E-state index in [1.54, 1.807) is 0 Å². The smallest absolute Gasteiger partial charge is 0.320 e. The van der Waals surface area contributed by atoms with Gasteiger partial charge in [0.05, 0.1) is 5.60 Å². The summed E-state index contributed by atoms with van der Waals surface area (Å²) in [5, 5.41) is 10.5. The van der Waals surface area contributed by atoms with Gasteiger partial charge >= 0.3 is 6.03 Å². The van der Waals surface area contributed by atoms with Crippen molar-refractivity contribution >= 4 is 6.03 Å². The van der Waals surface area contributed by atoms with Crippen LogP contribution >= 0.6 is 0 Å². The van der Waals surface area contributed by atoms with Crippen LogP contribution in [0.25, 0.3) is 0 Å². The summed E-state index contributed by atoms with van der Waals surface area (Å²) >= 11 is 0. The first kappa shape index (κ1) is 19.8. The van der Waals surface area contributed by atoms with Gasteiger partial charge in [0.2, 0.25) is 0 Å². The topological polar surface area (TPSA) is 43.8 Å². The minimum Gasteiger partial charge on any atom is -0.390 e. The number of carbonyl (C=O) groups is 1. The highest BCUT2D eigenvalue weighted by atomic mass is 16.3. The molecule has 2 aliphatic heterocycles. The van der Waals surface area contributed by atoms with Gasteiger partial charge in [0.25, 0.3) is 0 Å². The third-order valence-electron chi connectivity index (χ3n) is 8.45. The summed E-state index contributed by atoms with van der Waals surface area (Å²) in [6.45, 7) is 13.1. The van der Waals surface area contributed by atoms with Gasteiger partial charge in [-0.05, 0) is 56.1 Å². The zero-order chi connectivity index (χ0) is 20.3. The number of rotatable bonds is 1. The Morgan fingerprint density at radius 1 is 1.18 bits per heavy atom. The van der Waals surface area contributed by atoms with Crippen molar-refractivity contribution in [1.29, 1.82) is 0 Å². The molecule has 0 saturated carbocycles. The van der Waals surface area contributed by atoms with E-state index >= 15 is 0 Å². The molecule has 2 bridgehead atoms. The van der Waals surface area contributed by atoms with E-state index in [2.05, 4.69) is 49.9 Å². The number of carbonyl (C=O) groups excluding carboxylic acids is 1. The summed E-state index contributed by atoms with van der Waals surface area (Å²) in [7, 11) is 0. The third-order valence-corrected chi connectivity index (χ3v) is 8.45. The first-order chi connectivity index (χ1) is 13.1. The molecule has 1 aromatic carbocycles. The number of urea groups is 1. The van der Waals surface area contributed by atoms with Crippen LogP contribution in [0.15, 0.2) is 24.3 Å². The maximum absolute atomic E-state index is 13.6. The molecule has 2 saturated heterocycles. The molecule has 3 atom stereocenters. The second-order valence-electron chi connectivity index (χ2n) is 10.6. The molecule has 154 valence electrons. The van der Waals surface area contributed by atoms with Crippen LogP contribution < -0.4 is 0 Å². The van der Waals surface area contributed by atoms with Crippen LogP contribution in [0.2, 0.25) is 0 Å². The summed E-state index contributed by atoms with van der Waals surface area (Å²) in [6, 6.07) is 9.21. The summed E-state index contributed by atoms with van der Waals surface area (Å²) in [6.07, 6.45) is 3.91. The summed E-state index contributed by atoms with van der Waals surface area (Å²) in [5.74, 6) is 0.153. The van der Waals surface area contributed by atoms with Crippen molar-refractivity contribution in [3.63, 3.8) is 0 Å². The predicted molar refractivity (Wildman–Crippen MR) is 112 cm³/mol. The van der Waals surface area contributed by atoms with Gasteiger partial charge in [-0.1, -0.05) is 45.0 Å². The number of hydrogen-bond donors (Lipinski definition) is 1. The number of amides is 2. The normalized spacial score (nSPS) is 32.1. The molecular weight excluding hydrogens is 348 g/mol. The fourth-order valence-corrected chi connectivity index (χ4v) is 6.01. The van der Waals surface area contributed by atoms with Crippen molar-refractivity contribution in [2.75, 3.05) is 19.6 Å². The number of piperidine rings is 2. The van der Waals surface area contributed by atoms with E-state index < -0.39 is 5.60 Å². The molecule has 4 rings (SSSR count). The molecule has 4 heteroatoms. The molecule has 0 spiro atoms. The Hall–Kier alpha value is -1.55. The Labute approximate surface area is 169 Å². The Balaban J connectivity index is 1.62. The highest BCUT2D eigenvalue weighted by Gasteiger charge is 2.57. The van der Waals surface area contributed by atoms with Crippen LogP contribution in [0.3, 0.4) is 0 Å². The quantitative estimate of drug-likeness (QED) is 0.788. The molecular formula is C24H36N2O2. The van der Waals surface area contributed by atoms with Crippen molar-refractivity contribution in [1.82, 2.24) is 9.80 Å². The maximum atomic E-state index is 13.6. The van der Waals surface area contributed by atoms with Crippen molar-refractivity contribution in [2.24, 2.45) is 11.3 Å². The molecule has 3 aliphatic rings. The van der Waals surface area contributed by atoms with Crippen molar-refractivity contribution < 1.29 is 9.90 Å². The molecule has 0 radical (unpaired) electrons. The van der Waals surface area contributed by atoms with Crippen molar-refractivity contribution in [3.05, 3.63) is 35.4 Å². The van der Waals surface area contributed by atoms with E-state index in [0.29, 0.717) is 6.54 Å². The van der Waals surface area contributed by atoms with Gasteiger partial charge in [0.1, 0.15) is 0 Å². The lowest BCUT2D eigenvalue weighted by Crippen LogP contribution is -2.67. The van der Waals surface area contributed by atoms with Gasteiger partial charge in [-0.25, -0.2) is 4.79 Å². The first-order valence-corrected chi connectivity index (χ1v) is 10.9. The van der Waals surface area contributed by atoms with E-state index in [0.717, 1.165) is 38.8 Å². The van der Waals surface area contributed by atoms with Crippen LogP contribution in [0.5, 0.6) is 0 Å². The van der Waals surface area contributed by atoms with Crippen molar-refractivity contribution in [3.8, 4) is 0 Å². The summed E-state index contributed by atoms with van der Waals surface area (Å²) in [5.41, 5.74) is 2.27. The molecule has 0 unspecified atom stereocenters. The first-order valence-electron chi connectivity index (χ1n) is 10.9. The second kappa shape index (κ2) is 6.48. The average molecular weight is 385 g/mol. The van der Waals surface area contributed by atoms with Gasteiger partial charge in [-0.2, -0.15) is 0 Å². The number of fused-ring (bicyclic) bond motifs is 4. The van der Waals surface area contributed by atoms with E-state index in [1.165, 1.54) is 11.1 Å². The molecule has 28 heavy (non-hydrogen) atoms. The number of benzene rings is 1. The fraction of sp³-hybridized carbons (Fsp3) is 0.708. The minimum atomic E-state index is -0.734. The minimum absolute atomic E-state index is 0.0285. The lowest BCUT2D eigenvalue weighted by Gasteiger charge is -2.61. The Morgan fingerprint density at radius 2 is 1.89 bits per heavy atom. The van der Waals surface area contributed by atoms with Gasteiger partial charge in [-0.3, -0.25) is 0 Å². The molecule has 1 aliphatic carbocycles. The zero-order valence-electron chi connectivity index (χ0n) is 18.2. The van der Waals surface area contributed by atoms with Crippen LogP contribution in [0, 0.1) is 11.3 Å². The average Bonchev–Trinajstić information content (AvgIpc) is 2.64. The largest absolute Gasteiger partial charge is 0.390 e. The third kappa shape index (κ3) is 2.87. The summed E-state index contributed by atoms with van der Waals surface area (Å²) < 4.78 is 0. The molecule has 2 heterocycles. The Morgan fingerprint density at radius 3 is 2.61 bits per heavy atom. The van der Waals surface area contributed by atoms with E-state index in [4.69, 9.17) is 0 Å². The highest BCUT2D eigenvalue weighted by molar-refractivity contribution is 5.75. The lowest BCUT2D eigenvalue weighted by molar-refractivity contribution is -0.0378. The van der Waals surface area contributed by atoms with Crippen LogP contribution in [-0.4, -0.2) is 52.2 Å². The van der Waals surface area contributed by atoms with Crippen molar-refractivity contribution in [2.45, 2.75) is 77.4 Å². The second-order valence-corrected chi connectivity index (χ2v) is 10.6. The maximum Gasteiger partial charge on any atom is 0.320 e. The zero-order valence-corrected chi connectivity index (χ0v) is 18.2. The molecule has 2 amide bonds. The Kier molecular flexibility index (Phi) is 4.57. The molecule has 1 N–H and O–H groups in total. The van der Waals surface area contributed by atoms with Gasteiger partial charge in [-0.15, -0.1) is 0 Å². The molecule has 4 nitrogen and oxygen atoms in total. The number of hydrogen-bond acceptors (Lipinski definition) is 2. The van der Waals surface area contributed by atoms with Gasteiger partial charge in [0.15, 0.2) is 0 Å². The van der Waals surface area contributed by atoms with Gasteiger partial charge in [0, 0.05) is 37.0 Å². The molecule has 2 fully saturated rings. The van der Waals surface area contributed by atoms with E-state index in [1.807, 2.05) is 18.7 Å². The number of aliphatic hydroxyl groups is 1. The van der Waals surface area contributed by atoms with Crippen LogP contribution in [-0.2, 0) is 11.8 Å². The van der Waals surface area contributed by atoms with Gasteiger partial charge < -0.3 is 14.9 Å². The SMILES string of the molecule is CC(C)(O)[C@@H]1CCCN(C(=O)N2CC[C@@]3(C)c4ccccc4C[C@@H]2C3(C)C)C1. The standard InChI is InChI=1S/C24H36N2O2/c1-22(2)20-15-17-9-6-7-11-19(17)24(22,5)12-14-26(20)21(27)25-13-8-10-18(16-25)23(3,4)28/h6-7,9,11,18,20,28H,8,10,12-16H2,1-5H3/t18-,20-,24+/m1/s1. The molecule has 0 aromatic heterocycles. The van der Waals surface area contributed by atoms with Crippen LogP contribution in [0.4, 0.5) is 4.79 Å². The fourth-order valence-electron chi connectivity index (χ4n) is 6.01.